The largest absolute Gasteiger partial charge is 0.481 e. The van der Waals surface area contributed by atoms with Gasteiger partial charge in [0.1, 0.15) is 0 Å². The predicted octanol–water partition coefficient (Wildman–Crippen LogP) is 2.25. The molecule has 0 bridgehead atoms. The number of benzene rings is 1. The van der Waals surface area contributed by atoms with Crippen molar-refractivity contribution in [2.24, 2.45) is 11.8 Å². The highest BCUT2D eigenvalue weighted by Crippen LogP contribution is 2.34. The number of carbonyl (C=O) groups is 2. The van der Waals surface area contributed by atoms with Crippen molar-refractivity contribution in [3.63, 3.8) is 0 Å². The van der Waals surface area contributed by atoms with Crippen LogP contribution >= 0.6 is 0 Å². The van der Waals surface area contributed by atoms with Gasteiger partial charge in [0.05, 0.1) is 23.7 Å². The highest BCUT2D eigenvalue weighted by molar-refractivity contribution is 5.90. The predicted molar refractivity (Wildman–Crippen MR) is 90.9 cm³/mol. The molecule has 128 valence electrons. The summed E-state index contributed by atoms with van der Waals surface area (Å²) < 4.78 is 1.79. The van der Waals surface area contributed by atoms with Crippen molar-refractivity contribution in [1.82, 2.24) is 14.7 Å². The van der Waals surface area contributed by atoms with Crippen molar-refractivity contribution in [3.05, 3.63) is 60.4 Å². The summed E-state index contributed by atoms with van der Waals surface area (Å²) >= 11 is 0. The molecule has 1 fully saturated rings. The molecule has 1 amide bonds. The quantitative estimate of drug-likeness (QED) is 0.821. The maximum atomic E-state index is 12.8. The number of hydrogen-bond donors (Lipinski definition) is 1. The van der Waals surface area contributed by atoms with Gasteiger partial charge in [-0.25, -0.2) is 4.68 Å². The molecular formula is C19H19N3O3. The van der Waals surface area contributed by atoms with E-state index in [0.717, 1.165) is 24.1 Å². The first-order valence-electron chi connectivity index (χ1n) is 8.44. The van der Waals surface area contributed by atoms with Crippen LogP contribution in [0.2, 0.25) is 0 Å². The average Bonchev–Trinajstić information content (AvgIpc) is 3.29. The molecule has 0 radical (unpaired) electrons. The molecule has 2 aromatic rings. The van der Waals surface area contributed by atoms with Gasteiger partial charge in [0.2, 0.25) is 5.91 Å². The molecule has 2 aliphatic rings. The summed E-state index contributed by atoms with van der Waals surface area (Å²) in [5.74, 6) is -2.26. The summed E-state index contributed by atoms with van der Waals surface area (Å²) in [6, 6.07) is 10.0. The average molecular weight is 337 g/mol. The molecule has 0 aliphatic heterocycles. The Hall–Kier alpha value is -2.89. The van der Waals surface area contributed by atoms with E-state index in [4.69, 9.17) is 0 Å². The normalized spacial score (nSPS) is 21.6. The fourth-order valence-electron chi connectivity index (χ4n) is 3.13. The van der Waals surface area contributed by atoms with Crippen molar-refractivity contribution in [2.45, 2.75) is 25.4 Å². The van der Waals surface area contributed by atoms with Crippen LogP contribution in [0.1, 0.15) is 18.4 Å². The molecule has 25 heavy (non-hydrogen) atoms. The molecule has 1 N–H and O–H groups in total. The summed E-state index contributed by atoms with van der Waals surface area (Å²) in [6.45, 7) is 0.465. The molecule has 0 spiro atoms. The first-order valence-corrected chi connectivity index (χ1v) is 8.44. The van der Waals surface area contributed by atoms with Crippen LogP contribution < -0.4 is 0 Å². The molecule has 6 nitrogen and oxygen atoms in total. The maximum absolute atomic E-state index is 12.8. The second-order valence-electron chi connectivity index (χ2n) is 6.60. The van der Waals surface area contributed by atoms with Gasteiger partial charge in [-0.05, 0) is 25.0 Å². The zero-order chi connectivity index (χ0) is 17.4. The standard InChI is InChI=1S/C19H19N3O3/c23-18(16-8-9-17(16)19(24)25)21(14-6-7-14)11-13-10-20-22(12-13)15-4-2-1-3-5-15/h1-5,8-10,12,14,16-17H,6-7,11H2,(H,24,25)/t16-,17+/m0/s1. The maximum Gasteiger partial charge on any atom is 0.311 e. The monoisotopic (exact) mass is 337 g/mol. The van der Waals surface area contributed by atoms with Crippen molar-refractivity contribution in [2.75, 3.05) is 0 Å². The molecule has 1 heterocycles. The van der Waals surface area contributed by atoms with Crippen LogP contribution in [0.3, 0.4) is 0 Å². The Labute approximate surface area is 145 Å². The number of carboxylic acid groups (broad SMARTS) is 1. The van der Waals surface area contributed by atoms with Gasteiger partial charge in [0.25, 0.3) is 0 Å². The smallest absolute Gasteiger partial charge is 0.311 e. The minimum Gasteiger partial charge on any atom is -0.481 e. The van der Waals surface area contributed by atoms with Crippen LogP contribution in [0.4, 0.5) is 0 Å². The lowest BCUT2D eigenvalue weighted by Gasteiger charge is -2.31. The number of carboxylic acids is 1. The van der Waals surface area contributed by atoms with E-state index in [9.17, 15) is 14.7 Å². The lowest BCUT2D eigenvalue weighted by atomic mass is 9.81. The number of amides is 1. The number of nitrogens with zero attached hydrogens (tertiary/aromatic N) is 3. The summed E-state index contributed by atoms with van der Waals surface area (Å²) in [5, 5.41) is 13.5. The third kappa shape index (κ3) is 3.07. The Morgan fingerprint density at radius 3 is 2.48 bits per heavy atom. The zero-order valence-corrected chi connectivity index (χ0v) is 13.7. The van der Waals surface area contributed by atoms with E-state index in [1.165, 1.54) is 0 Å². The van der Waals surface area contributed by atoms with Crippen molar-refractivity contribution in [3.8, 4) is 5.69 Å². The minimum absolute atomic E-state index is 0.0927. The van der Waals surface area contributed by atoms with Gasteiger partial charge in [-0.2, -0.15) is 5.10 Å². The number of para-hydroxylation sites is 1. The van der Waals surface area contributed by atoms with Gasteiger partial charge < -0.3 is 10.0 Å². The van der Waals surface area contributed by atoms with Crippen LogP contribution in [0, 0.1) is 11.8 Å². The van der Waals surface area contributed by atoms with Gasteiger partial charge in [0.15, 0.2) is 0 Å². The van der Waals surface area contributed by atoms with E-state index in [2.05, 4.69) is 5.10 Å². The van der Waals surface area contributed by atoms with Gasteiger partial charge in [0, 0.05) is 24.3 Å². The van der Waals surface area contributed by atoms with E-state index >= 15 is 0 Å². The summed E-state index contributed by atoms with van der Waals surface area (Å²) in [4.78, 5) is 25.8. The molecule has 2 aliphatic carbocycles. The van der Waals surface area contributed by atoms with Crippen LogP contribution in [0.25, 0.3) is 5.69 Å². The van der Waals surface area contributed by atoms with Crippen molar-refractivity contribution < 1.29 is 14.7 Å². The van der Waals surface area contributed by atoms with Crippen molar-refractivity contribution >= 4 is 11.9 Å². The molecule has 0 unspecified atom stereocenters. The topological polar surface area (TPSA) is 75.4 Å². The molecule has 2 atom stereocenters. The van der Waals surface area contributed by atoms with E-state index in [1.807, 2.05) is 41.4 Å². The summed E-state index contributed by atoms with van der Waals surface area (Å²) in [6.07, 6.45) is 8.93. The highest BCUT2D eigenvalue weighted by atomic mass is 16.4. The van der Waals surface area contributed by atoms with E-state index in [1.54, 1.807) is 23.0 Å². The number of aromatic nitrogens is 2. The minimum atomic E-state index is -0.937. The first kappa shape index (κ1) is 15.6. The fourth-order valence-corrected chi connectivity index (χ4v) is 3.13. The first-order chi connectivity index (χ1) is 12.1. The van der Waals surface area contributed by atoms with E-state index in [-0.39, 0.29) is 11.9 Å². The Kier molecular flexibility index (Phi) is 3.87. The van der Waals surface area contributed by atoms with E-state index < -0.39 is 17.8 Å². The number of hydrogen-bond acceptors (Lipinski definition) is 3. The van der Waals surface area contributed by atoms with Gasteiger partial charge in [-0.1, -0.05) is 30.4 Å². The Bertz CT molecular complexity index is 823. The number of rotatable bonds is 6. The molecule has 0 saturated heterocycles. The SMILES string of the molecule is O=C(O)[C@@H]1C=C[C@@H]1C(=O)N(Cc1cnn(-c2ccccc2)c1)C1CC1. The van der Waals surface area contributed by atoms with Crippen molar-refractivity contribution in [1.29, 1.82) is 0 Å². The molecule has 1 saturated carbocycles. The Morgan fingerprint density at radius 2 is 1.88 bits per heavy atom. The molecule has 1 aromatic carbocycles. The zero-order valence-electron chi connectivity index (χ0n) is 13.7. The van der Waals surface area contributed by atoms with Crippen LogP contribution in [-0.4, -0.2) is 37.7 Å². The Morgan fingerprint density at radius 1 is 1.16 bits per heavy atom. The molecule has 1 aromatic heterocycles. The molecule has 6 heteroatoms. The van der Waals surface area contributed by atoms with E-state index in [0.29, 0.717) is 6.54 Å². The molecular weight excluding hydrogens is 318 g/mol. The summed E-state index contributed by atoms with van der Waals surface area (Å²) in [7, 11) is 0. The van der Waals surface area contributed by atoms with Crippen LogP contribution in [-0.2, 0) is 16.1 Å². The summed E-state index contributed by atoms with van der Waals surface area (Å²) in [5.41, 5.74) is 1.91. The second kappa shape index (κ2) is 6.20. The lowest BCUT2D eigenvalue weighted by molar-refractivity contribution is -0.148. The Balaban J connectivity index is 1.50. The second-order valence-corrected chi connectivity index (χ2v) is 6.60. The molecule has 4 rings (SSSR count). The van der Waals surface area contributed by atoms with Gasteiger partial charge in [-0.3, -0.25) is 9.59 Å². The van der Waals surface area contributed by atoms with Gasteiger partial charge in [-0.15, -0.1) is 0 Å². The van der Waals surface area contributed by atoms with Gasteiger partial charge >= 0.3 is 5.97 Å². The highest BCUT2D eigenvalue weighted by Gasteiger charge is 2.42. The van der Waals surface area contributed by atoms with Crippen LogP contribution in [0.5, 0.6) is 0 Å². The van der Waals surface area contributed by atoms with Crippen LogP contribution in [0.15, 0.2) is 54.9 Å². The number of aliphatic carboxylic acids is 1. The number of carbonyl (C=O) groups excluding carboxylic acids is 1. The fraction of sp³-hybridized carbons (Fsp3) is 0.316. The lowest BCUT2D eigenvalue weighted by Crippen LogP contribution is -2.43. The third-order valence-electron chi connectivity index (χ3n) is 4.76. The third-order valence-corrected chi connectivity index (χ3v) is 4.76.